The lowest BCUT2D eigenvalue weighted by atomic mass is 10.2. The van der Waals surface area contributed by atoms with Crippen molar-refractivity contribution in [2.45, 2.75) is 4.90 Å². The Kier molecular flexibility index (Phi) is 4.70. The van der Waals surface area contributed by atoms with Crippen molar-refractivity contribution in [3.63, 3.8) is 0 Å². The van der Waals surface area contributed by atoms with Gasteiger partial charge >= 0.3 is 0 Å². The summed E-state index contributed by atoms with van der Waals surface area (Å²) in [6, 6.07) is 5.91. The average Bonchev–Trinajstić information content (AvgIpc) is 2.37. The molecule has 0 radical (unpaired) electrons. The van der Waals surface area contributed by atoms with Crippen molar-refractivity contribution >= 4 is 42.2 Å². The highest BCUT2D eigenvalue weighted by Crippen LogP contribution is 2.32. The Morgan fingerprint density at radius 3 is 2.60 bits per heavy atom. The molecule has 20 heavy (non-hydrogen) atoms. The van der Waals surface area contributed by atoms with Gasteiger partial charge in [0.15, 0.2) is 0 Å². The van der Waals surface area contributed by atoms with Crippen LogP contribution in [0.15, 0.2) is 29.2 Å². The summed E-state index contributed by atoms with van der Waals surface area (Å²) in [5.41, 5.74) is 0.343. The molecule has 1 heterocycles. The maximum absolute atomic E-state index is 11.5. The van der Waals surface area contributed by atoms with Gasteiger partial charge in [0.1, 0.15) is 23.0 Å². The second-order valence-corrected chi connectivity index (χ2v) is 6.79. The smallest absolute Gasteiger partial charge is 0.261 e. The number of methoxy groups -OCH3 is 1. The molecule has 0 aliphatic carbocycles. The first kappa shape index (κ1) is 15.3. The monoisotopic (exact) mass is 335 g/mol. The summed E-state index contributed by atoms with van der Waals surface area (Å²) >= 11 is 5.84. The standard InChI is InChI=1S/C12H11Cl2NO4S/c1-18-6-7-19-9-3-4-10(20(14,16)17)8-2-5-11(13)15-12(8)9/h2-5H,6-7H2,1H3. The number of pyridine rings is 1. The maximum atomic E-state index is 11.5. The van der Waals surface area contributed by atoms with E-state index in [0.717, 1.165) is 0 Å². The Labute approximate surface area is 125 Å². The zero-order chi connectivity index (χ0) is 14.8. The fourth-order valence-electron chi connectivity index (χ4n) is 1.71. The molecule has 0 fully saturated rings. The molecule has 0 aliphatic heterocycles. The minimum Gasteiger partial charge on any atom is -0.489 e. The Bertz CT molecular complexity index is 734. The normalized spacial score (nSPS) is 11.8. The van der Waals surface area contributed by atoms with Gasteiger partial charge in [-0.3, -0.25) is 0 Å². The van der Waals surface area contributed by atoms with Crippen LogP contribution in [0.3, 0.4) is 0 Å². The van der Waals surface area contributed by atoms with Crippen molar-refractivity contribution in [3.8, 4) is 5.75 Å². The maximum Gasteiger partial charge on any atom is 0.261 e. The summed E-state index contributed by atoms with van der Waals surface area (Å²) in [6.07, 6.45) is 0. The van der Waals surface area contributed by atoms with Crippen LogP contribution in [0.2, 0.25) is 5.15 Å². The van der Waals surface area contributed by atoms with E-state index in [1.54, 1.807) is 13.2 Å². The highest BCUT2D eigenvalue weighted by molar-refractivity contribution is 8.14. The van der Waals surface area contributed by atoms with Gasteiger partial charge in [-0.15, -0.1) is 0 Å². The minimum atomic E-state index is -3.88. The van der Waals surface area contributed by atoms with Crippen LogP contribution >= 0.6 is 22.3 Å². The van der Waals surface area contributed by atoms with Gasteiger partial charge < -0.3 is 9.47 Å². The van der Waals surface area contributed by atoms with Crippen molar-refractivity contribution in [3.05, 3.63) is 29.4 Å². The molecule has 2 rings (SSSR count). The fourth-order valence-corrected chi connectivity index (χ4v) is 2.92. The van der Waals surface area contributed by atoms with Crippen molar-refractivity contribution in [2.75, 3.05) is 20.3 Å². The SMILES string of the molecule is COCCOc1ccc(S(=O)(=O)Cl)c2ccc(Cl)nc12. The summed E-state index contributed by atoms with van der Waals surface area (Å²) in [6.45, 7) is 0.713. The third-order valence-electron chi connectivity index (χ3n) is 2.55. The average molecular weight is 336 g/mol. The van der Waals surface area contributed by atoms with Crippen LogP contribution in [0.4, 0.5) is 0 Å². The number of hydrogen-bond acceptors (Lipinski definition) is 5. The van der Waals surface area contributed by atoms with Gasteiger partial charge in [-0.25, -0.2) is 13.4 Å². The highest BCUT2D eigenvalue weighted by atomic mass is 35.7. The number of ether oxygens (including phenoxy) is 2. The Morgan fingerprint density at radius 1 is 1.20 bits per heavy atom. The highest BCUT2D eigenvalue weighted by Gasteiger charge is 2.17. The predicted molar refractivity (Wildman–Crippen MR) is 77.2 cm³/mol. The van der Waals surface area contributed by atoms with Crippen LogP contribution in [-0.4, -0.2) is 33.7 Å². The Hall–Kier alpha value is -1.08. The summed E-state index contributed by atoms with van der Waals surface area (Å²) in [5.74, 6) is 0.420. The number of nitrogens with zero attached hydrogens (tertiary/aromatic N) is 1. The summed E-state index contributed by atoms with van der Waals surface area (Å²) in [5, 5.41) is 0.595. The molecule has 0 spiro atoms. The molecular formula is C12H11Cl2NO4S. The predicted octanol–water partition coefficient (Wildman–Crippen LogP) is 2.84. The van der Waals surface area contributed by atoms with Crippen LogP contribution in [-0.2, 0) is 13.8 Å². The molecule has 8 heteroatoms. The number of hydrogen-bond donors (Lipinski definition) is 0. The molecule has 0 saturated heterocycles. The van der Waals surface area contributed by atoms with Gasteiger partial charge in [-0.05, 0) is 24.3 Å². The van der Waals surface area contributed by atoms with E-state index >= 15 is 0 Å². The Morgan fingerprint density at radius 2 is 1.95 bits per heavy atom. The second kappa shape index (κ2) is 6.13. The van der Waals surface area contributed by atoms with Gasteiger partial charge in [0.05, 0.1) is 11.5 Å². The first-order chi connectivity index (χ1) is 9.43. The third-order valence-corrected chi connectivity index (χ3v) is 4.14. The van der Waals surface area contributed by atoms with Crippen molar-refractivity contribution < 1.29 is 17.9 Å². The quantitative estimate of drug-likeness (QED) is 0.477. The molecule has 5 nitrogen and oxygen atoms in total. The van der Waals surface area contributed by atoms with Gasteiger partial charge in [0, 0.05) is 23.2 Å². The van der Waals surface area contributed by atoms with E-state index in [2.05, 4.69) is 4.98 Å². The van der Waals surface area contributed by atoms with Gasteiger partial charge in [-0.2, -0.15) is 0 Å². The van der Waals surface area contributed by atoms with E-state index in [9.17, 15) is 8.42 Å². The van der Waals surface area contributed by atoms with Crippen molar-refractivity contribution in [1.29, 1.82) is 0 Å². The van der Waals surface area contributed by atoms with E-state index in [1.807, 2.05) is 0 Å². The van der Waals surface area contributed by atoms with Crippen LogP contribution in [0.25, 0.3) is 10.9 Å². The molecule has 2 aromatic rings. The molecule has 1 aromatic heterocycles. The first-order valence-electron chi connectivity index (χ1n) is 5.59. The molecular weight excluding hydrogens is 325 g/mol. The van der Waals surface area contributed by atoms with E-state index in [1.165, 1.54) is 18.2 Å². The molecule has 0 N–H and O–H groups in total. The van der Waals surface area contributed by atoms with Crippen molar-refractivity contribution in [1.82, 2.24) is 4.98 Å². The molecule has 0 atom stereocenters. The topological polar surface area (TPSA) is 65.5 Å². The number of benzene rings is 1. The first-order valence-corrected chi connectivity index (χ1v) is 8.28. The van der Waals surface area contributed by atoms with Gasteiger partial charge in [-0.1, -0.05) is 11.6 Å². The zero-order valence-corrected chi connectivity index (χ0v) is 12.8. The summed E-state index contributed by atoms with van der Waals surface area (Å²) in [4.78, 5) is 4.07. The number of aromatic nitrogens is 1. The van der Waals surface area contributed by atoms with Crippen LogP contribution in [0.1, 0.15) is 0 Å². The lowest BCUT2D eigenvalue weighted by Crippen LogP contribution is -2.05. The van der Waals surface area contributed by atoms with Gasteiger partial charge in [0.25, 0.3) is 9.05 Å². The molecule has 0 amide bonds. The Balaban J connectivity index is 2.59. The number of fused-ring (bicyclic) bond motifs is 1. The van der Waals surface area contributed by atoms with E-state index in [0.29, 0.717) is 29.9 Å². The molecule has 1 aromatic carbocycles. The fraction of sp³-hybridized carbons (Fsp3) is 0.250. The molecule has 108 valence electrons. The number of halogens is 2. The lowest BCUT2D eigenvalue weighted by molar-refractivity contribution is 0.147. The third kappa shape index (κ3) is 3.32. The van der Waals surface area contributed by atoms with E-state index < -0.39 is 9.05 Å². The van der Waals surface area contributed by atoms with Crippen molar-refractivity contribution in [2.24, 2.45) is 0 Å². The second-order valence-electron chi connectivity index (χ2n) is 3.87. The van der Waals surface area contributed by atoms with Crippen LogP contribution < -0.4 is 4.74 Å². The summed E-state index contributed by atoms with van der Waals surface area (Å²) in [7, 11) is 3.09. The number of rotatable bonds is 5. The molecule has 0 saturated carbocycles. The van der Waals surface area contributed by atoms with E-state index in [4.69, 9.17) is 31.8 Å². The van der Waals surface area contributed by atoms with E-state index in [-0.39, 0.29) is 10.0 Å². The molecule has 0 unspecified atom stereocenters. The minimum absolute atomic E-state index is 0.0302. The zero-order valence-electron chi connectivity index (χ0n) is 10.5. The van der Waals surface area contributed by atoms with Gasteiger partial charge in [0.2, 0.25) is 0 Å². The van der Waals surface area contributed by atoms with Crippen LogP contribution in [0.5, 0.6) is 5.75 Å². The lowest BCUT2D eigenvalue weighted by Gasteiger charge is -2.10. The molecule has 0 bridgehead atoms. The molecule has 0 aliphatic rings. The van der Waals surface area contributed by atoms with Crippen LogP contribution in [0, 0.1) is 0 Å². The largest absolute Gasteiger partial charge is 0.489 e. The summed E-state index contributed by atoms with van der Waals surface area (Å²) < 4.78 is 33.5.